The van der Waals surface area contributed by atoms with Crippen molar-refractivity contribution in [2.75, 3.05) is 11.4 Å². The van der Waals surface area contributed by atoms with E-state index < -0.39 is 0 Å². The number of rotatable bonds is 5. The third-order valence-electron chi connectivity index (χ3n) is 3.07. The van der Waals surface area contributed by atoms with Crippen LogP contribution in [0.5, 0.6) is 0 Å². The van der Waals surface area contributed by atoms with E-state index in [1.807, 2.05) is 18.2 Å². The van der Waals surface area contributed by atoms with Gasteiger partial charge in [-0.2, -0.15) is 0 Å². The number of nitrogens with zero attached hydrogens (tertiary/aromatic N) is 2. The Balaban J connectivity index is 3.29. The van der Waals surface area contributed by atoms with E-state index in [1.54, 1.807) is 0 Å². The molecule has 0 aliphatic heterocycles. The van der Waals surface area contributed by atoms with Crippen molar-refractivity contribution in [3.8, 4) is 0 Å². The predicted molar refractivity (Wildman–Crippen MR) is 81.5 cm³/mol. The molecule has 0 bridgehead atoms. The van der Waals surface area contributed by atoms with Crippen LogP contribution in [-0.2, 0) is 12.0 Å². The maximum atomic E-state index is 9.44. The van der Waals surface area contributed by atoms with E-state index in [2.05, 4.69) is 46.1 Å². The van der Waals surface area contributed by atoms with Crippen LogP contribution in [0.2, 0.25) is 0 Å². The first kappa shape index (κ1) is 15.7. The summed E-state index contributed by atoms with van der Waals surface area (Å²) in [7, 11) is 0. The third-order valence-corrected chi connectivity index (χ3v) is 3.07. The minimum absolute atomic E-state index is 0.0310. The second-order valence-electron chi connectivity index (χ2n) is 6.16. The zero-order valence-electron chi connectivity index (χ0n) is 12.8. The van der Waals surface area contributed by atoms with Crippen LogP contribution in [0.25, 0.3) is 0 Å². The van der Waals surface area contributed by atoms with E-state index in [0.29, 0.717) is 6.04 Å². The van der Waals surface area contributed by atoms with E-state index in [-0.39, 0.29) is 12.0 Å². The topological polar surface area (TPSA) is 36.4 Å². The van der Waals surface area contributed by atoms with Crippen LogP contribution >= 0.6 is 0 Å². The van der Waals surface area contributed by atoms with E-state index in [9.17, 15) is 5.11 Å². The lowest BCUT2D eigenvalue weighted by molar-refractivity contribution is 0.281. The molecule has 19 heavy (non-hydrogen) atoms. The van der Waals surface area contributed by atoms with E-state index in [0.717, 1.165) is 23.6 Å². The largest absolute Gasteiger partial charge is 0.392 e. The van der Waals surface area contributed by atoms with Crippen LogP contribution in [0.3, 0.4) is 0 Å². The lowest BCUT2D eigenvalue weighted by Gasteiger charge is -2.29. The fourth-order valence-corrected chi connectivity index (χ4v) is 1.90. The Labute approximate surface area is 117 Å². The summed E-state index contributed by atoms with van der Waals surface area (Å²) in [6, 6.07) is 4.28. The minimum atomic E-state index is -0.0310. The van der Waals surface area contributed by atoms with Gasteiger partial charge in [0, 0.05) is 23.7 Å². The Bertz CT molecular complexity index is 433. The first-order chi connectivity index (χ1) is 8.79. The summed E-state index contributed by atoms with van der Waals surface area (Å²) in [5, 5.41) is 9.44. The van der Waals surface area contributed by atoms with Crippen molar-refractivity contribution in [2.24, 2.45) is 0 Å². The van der Waals surface area contributed by atoms with Crippen LogP contribution < -0.4 is 4.90 Å². The molecular weight excluding hydrogens is 236 g/mol. The molecule has 0 aliphatic carbocycles. The Morgan fingerprint density at radius 2 is 2.00 bits per heavy atom. The molecule has 3 nitrogen and oxygen atoms in total. The van der Waals surface area contributed by atoms with Gasteiger partial charge in [0.1, 0.15) is 5.82 Å². The Kier molecular flexibility index (Phi) is 5.12. The lowest BCUT2D eigenvalue weighted by atomic mass is 9.90. The fourth-order valence-electron chi connectivity index (χ4n) is 1.90. The van der Waals surface area contributed by atoms with Gasteiger partial charge in [0.15, 0.2) is 0 Å². The number of hydrogen-bond acceptors (Lipinski definition) is 3. The zero-order chi connectivity index (χ0) is 14.6. The van der Waals surface area contributed by atoms with Crippen molar-refractivity contribution >= 4 is 5.82 Å². The highest BCUT2D eigenvalue weighted by molar-refractivity contribution is 5.45. The van der Waals surface area contributed by atoms with Crippen molar-refractivity contribution in [2.45, 2.75) is 52.7 Å². The maximum Gasteiger partial charge on any atom is 0.129 e. The first-order valence-corrected chi connectivity index (χ1v) is 6.79. The number of aliphatic hydroxyl groups excluding tert-OH is 1. The second kappa shape index (κ2) is 6.20. The van der Waals surface area contributed by atoms with Gasteiger partial charge in [-0.1, -0.05) is 26.8 Å². The molecule has 0 unspecified atom stereocenters. The second-order valence-corrected chi connectivity index (χ2v) is 6.16. The normalized spacial score (nSPS) is 11.7. The summed E-state index contributed by atoms with van der Waals surface area (Å²) in [4.78, 5) is 6.94. The summed E-state index contributed by atoms with van der Waals surface area (Å²) in [5.41, 5.74) is 1.88. The summed E-state index contributed by atoms with van der Waals surface area (Å²) >= 11 is 0. The van der Waals surface area contributed by atoms with Gasteiger partial charge in [0.25, 0.3) is 0 Å². The molecule has 0 saturated heterocycles. The van der Waals surface area contributed by atoms with Crippen LogP contribution in [0, 0.1) is 0 Å². The minimum Gasteiger partial charge on any atom is -0.392 e. The van der Waals surface area contributed by atoms with Crippen LogP contribution in [0.15, 0.2) is 24.8 Å². The molecule has 1 N–H and O–H groups in total. The monoisotopic (exact) mass is 262 g/mol. The number of aromatic nitrogens is 1. The van der Waals surface area contributed by atoms with Gasteiger partial charge < -0.3 is 10.0 Å². The number of hydrogen-bond donors (Lipinski definition) is 1. The summed E-state index contributed by atoms with van der Waals surface area (Å²) in [6.07, 6.45) is 1.88. The van der Waals surface area contributed by atoms with Crippen molar-refractivity contribution < 1.29 is 5.11 Å². The maximum absolute atomic E-state index is 9.44. The van der Waals surface area contributed by atoms with Gasteiger partial charge in [0.2, 0.25) is 0 Å². The number of aliphatic hydroxyl groups is 1. The number of pyridine rings is 1. The molecule has 0 aromatic carbocycles. The molecule has 1 aromatic heterocycles. The van der Waals surface area contributed by atoms with Crippen molar-refractivity contribution in [3.63, 3.8) is 0 Å². The van der Waals surface area contributed by atoms with Crippen LogP contribution in [0.1, 0.15) is 45.9 Å². The average molecular weight is 262 g/mol. The molecule has 0 amide bonds. The molecule has 0 spiro atoms. The van der Waals surface area contributed by atoms with E-state index >= 15 is 0 Å². The lowest BCUT2D eigenvalue weighted by Crippen LogP contribution is -2.32. The standard InChI is InChI=1S/C16H26N2O/c1-7-8-18(12(2)3)15-10-13(11-19)9-14(17-15)16(4,5)6/h7,9-10,12,19H,1,8,11H2,2-6H3. The summed E-state index contributed by atoms with van der Waals surface area (Å²) in [5.74, 6) is 0.909. The molecule has 1 aromatic rings. The van der Waals surface area contributed by atoms with E-state index in [4.69, 9.17) is 4.98 Å². The molecule has 106 valence electrons. The molecule has 1 heterocycles. The van der Waals surface area contributed by atoms with Crippen molar-refractivity contribution in [1.82, 2.24) is 4.98 Å². The molecule has 1 rings (SSSR count). The Morgan fingerprint density at radius 3 is 2.42 bits per heavy atom. The summed E-state index contributed by atoms with van der Waals surface area (Å²) < 4.78 is 0. The molecule has 3 heteroatoms. The van der Waals surface area contributed by atoms with Gasteiger partial charge in [-0.25, -0.2) is 4.98 Å². The molecule has 0 radical (unpaired) electrons. The van der Waals surface area contributed by atoms with Gasteiger partial charge in [-0.15, -0.1) is 6.58 Å². The highest BCUT2D eigenvalue weighted by atomic mass is 16.3. The van der Waals surface area contributed by atoms with E-state index in [1.165, 1.54) is 0 Å². The smallest absolute Gasteiger partial charge is 0.129 e. The molecule has 0 saturated carbocycles. The van der Waals surface area contributed by atoms with Crippen molar-refractivity contribution in [1.29, 1.82) is 0 Å². The van der Waals surface area contributed by atoms with Gasteiger partial charge >= 0.3 is 0 Å². The van der Waals surface area contributed by atoms with Gasteiger partial charge in [-0.3, -0.25) is 0 Å². The van der Waals surface area contributed by atoms with Gasteiger partial charge in [0.05, 0.1) is 6.61 Å². The zero-order valence-corrected chi connectivity index (χ0v) is 12.8. The highest BCUT2D eigenvalue weighted by Crippen LogP contribution is 2.25. The third kappa shape index (κ3) is 4.06. The highest BCUT2D eigenvalue weighted by Gasteiger charge is 2.19. The van der Waals surface area contributed by atoms with Crippen LogP contribution in [-0.4, -0.2) is 22.7 Å². The van der Waals surface area contributed by atoms with Gasteiger partial charge in [-0.05, 0) is 31.5 Å². The molecule has 0 fully saturated rings. The molecule has 0 atom stereocenters. The predicted octanol–water partition coefficient (Wildman–Crippen LogP) is 3.27. The fraction of sp³-hybridized carbons (Fsp3) is 0.562. The average Bonchev–Trinajstić information content (AvgIpc) is 2.33. The Hall–Kier alpha value is -1.35. The van der Waals surface area contributed by atoms with Crippen LogP contribution in [0.4, 0.5) is 5.82 Å². The SMILES string of the molecule is C=CCN(c1cc(CO)cc(C(C)(C)C)n1)C(C)C. The molecular formula is C16H26N2O. The Morgan fingerprint density at radius 1 is 1.37 bits per heavy atom. The first-order valence-electron chi connectivity index (χ1n) is 6.79. The van der Waals surface area contributed by atoms with Crippen molar-refractivity contribution in [3.05, 3.63) is 36.0 Å². The molecule has 0 aliphatic rings. The summed E-state index contributed by atoms with van der Waals surface area (Å²) in [6.45, 7) is 15.3. The number of anilines is 1. The quantitative estimate of drug-likeness (QED) is 0.827.